The lowest BCUT2D eigenvalue weighted by molar-refractivity contribution is 0.0910. The van der Waals surface area contributed by atoms with Gasteiger partial charge in [0.25, 0.3) is 0 Å². The summed E-state index contributed by atoms with van der Waals surface area (Å²) in [6, 6.07) is 4.26. The van der Waals surface area contributed by atoms with Gasteiger partial charge in [-0.15, -0.1) is 0 Å². The van der Waals surface area contributed by atoms with E-state index in [-0.39, 0.29) is 0 Å². The van der Waals surface area contributed by atoms with Gasteiger partial charge in [-0.05, 0) is 31.0 Å². The lowest BCUT2D eigenvalue weighted by Crippen LogP contribution is -2.37. The second-order valence-corrected chi connectivity index (χ2v) is 4.54. The Labute approximate surface area is 101 Å². The van der Waals surface area contributed by atoms with E-state index in [0.29, 0.717) is 17.8 Å². The summed E-state index contributed by atoms with van der Waals surface area (Å²) in [4.78, 5) is 4.01. The van der Waals surface area contributed by atoms with Gasteiger partial charge in [-0.3, -0.25) is 0 Å². The maximum Gasteiger partial charge on any atom is 0.129 e. The number of rotatable bonds is 4. The van der Waals surface area contributed by atoms with Crippen molar-refractivity contribution in [3.8, 4) is 0 Å². The highest BCUT2D eigenvalue weighted by Gasteiger charge is 2.11. The summed E-state index contributed by atoms with van der Waals surface area (Å²) in [6.45, 7) is 2.52. The number of ether oxygens (including phenoxy) is 1. The fourth-order valence-corrected chi connectivity index (χ4v) is 1.99. The standard InChI is InChI=1S/C12H17ClN2O/c13-12-5-4-10(7-15-12)8-16-9-11-3-1-2-6-14-11/h4-5,7,11,14H,1-3,6,8-9H2/t11-/m0/s1. The van der Waals surface area contributed by atoms with E-state index in [4.69, 9.17) is 16.3 Å². The highest BCUT2D eigenvalue weighted by molar-refractivity contribution is 6.29. The Balaban J connectivity index is 1.69. The number of aromatic nitrogens is 1. The zero-order valence-electron chi connectivity index (χ0n) is 9.29. The Morgan fingerprint density at radius 1 is 1.44 bits per heavy atom. The molecule has 1 fully saturated rings. The van der Waals surface area contributed by atoms with Crippen molar-refractivity contribution < 1.29 is 4.74 Å². The number of nitrogens with one attached hydrogen (secondary N) is 1. The minimum absolute atomic E-state index is 0.522. The van der Waals surface area contributed by atoms with Gasteiger partial charge in [-0.25, -0.2) is 4.98 Å². The smallest absolute Gasteiger partial charge is 0.129 e. The molecule has 2 heterocycles. The summed E-state index contributed by atoms with van der Waals surface area (Å²) in [5.41, 5.74) is 1.07. The van der Waals surface area contributed by atoms with Crippen molar-refractivity contribution >= 4 is 11.6 Å². The molecule has 1 aromatic heterocycles. The van der Waals surface area contributed by atoms with Crippen LogP contribution in [0.15, 0.2) is 18.3 Å². The number of piperidine rings is 1. The molecule has 0 aromatic carbocycles. The first-order chi connectivity index (χ1) is 7.84. The van der Waals surface area contributed by atoms with Crippen LogP contribution in [-0.4, -0.2) is 24.2 Å². The highest BCUT2D eigenvalue weighted by Crippen LogP contribution is 2.09. The molecule has 0 bridgehead atoms. The maximum absolute atomic E-state index is 5.71. The third kappa shape index (κ3) is 3.74. The van der Waals surface area contributed by atoms with Gasteiger partial charge in [-0.2, -0.15) is 0 Å². The molecule has 0 unspecified atom stereocenters. The summed E-state index contributed by atoms with van der Waals surface area (Å²) < 4.78 is 5.65. The van der Waals surface area contributed by atoms with Crippen LogP contribution in [-0.2, 0) is 11.3 Å². The van der Waals surface area contributed by atoms with Crippen LogP contribution in [0.5, 0.6) is 0 Å². The first kappa shape index (κ1) is 11.8. The molecule has 2 rings (SSSR count). The topological polar surface area (TPSA) is 34.1 Å². The Morgan fingerprint density at radius 2 is 2.38 bits per heavy atom. The van der Waals surface area contributed by atoms with Crippen molar-refractivity contribution in [1.29, 1.82) is 0 Å². The van der Waals surface area contributed by atoms with Crippen molar-refractivity contribution in [3.63, 3.8) is 0 Å². The van der Waals surface area contributed by atoms with Crippen LogP contribution < -0.4 is 5.32 Å². The maximum atomic E-state index is 5.71. The van der Waals surface area contributed by atoms with Crippen molar-refractivity contribution in [2.45, 2.75) is 31.9 Å². The molecule has 1 atom stereocenters. The second-order valence-electron chi connectivity index (χ2n) is 4.15. The summed E-state index contributed by atoms with van der Waals surface area (Å²) in [7, 11) is 0. The van der Waals surface area contributed by atoms with Crippen LogP contribution in [0, 0.1) is 0 Å². The molecule has 0 aliphatic carbocycles. The first-order valence-electron chi connectivity index (χ1n) is 5.76. The Morgan fingerprint density at radius 3 is 3.06 bits per heavy atom. The molecule has 1 saturated heterocycles. The minimum atomic E-state index is 0.522. The van der Waals surface area contributed by atoms with Crippen molar-refractivity contribution in [1.82, 2.24) is 10.3 Å². The summed E-state index contributed by atoms with van der Waals surface area (Å²) in [5, 5.41) is 3.98. The molecule has 0 radical (unpaired) electrons. The fourth-order valence-electron chi connectivity index (χ4n) is 1.88. The monoisotopic (exact) mass is 240 g/mol. The first-order valence-corrected chi connectivity index (χ1v) is 6.14. The number of hydrogen-bond donors (Lipinski definition) is 1. The van der Waals surface area contributed by atoms with E-state index in [0.717, 1.165) is 18.7 Å². The van der Waals surface area contributed by atoms with E-state index in [1.54, 1.807) is 12.3 Å². The molecule has 1 N–H and O–H groups in total. The molecule has 0 amide bonds. The van der Waals surface area contributed by atoms with Gasteiger partial charge in [0.15, 0.2) is 0 Å². The number of hydrogen-bond acceptors (Lipinski definition) is 3. The average Bonchev–Trinajstić information content (AvgIpc) is 2.33. The van der Waals surface area contributed by atoms with Gasteiger partial charge in [0.2, 0.25) is 0 Å². The van der Waals surface area contributed by atoms with E-state index in [1.165, 1.54) is 19.3 Å². The van der Waals surface area contributed by atoms with E-state index in [1.807, 2.05) is 6.07 Å². The lowest BCUT2D eigenvalue weighted by atomic mass is 10.1. The van der Waals surface area contributed by atoms with E-state index < -0.39 is 0 Å². The third-order valence-corrected chi connectivity index (χ3v) is 3.01. The predicted molar refractivity (Wildman–Crippen MR) is 64.5 cm³/mol. The van der Waals surface area contributed by atoms with Crippen LogP contribution in [0.3, 0.4) is 0 Å². The van der Waals surface area contributed by atoms with Crippen LogP contribution in [0.1, 0.15) is 24.8 Å². The lowest BCUT2D eigenvalue weighted by Gasteiger charge is -2.23. The van der Waals surface area contributed by atoms with Gasteiger partial charge < -0.3 is 10.1 Å². The molecule has 3 nitrogen and oxygen atoms in total. The number of pyridine rings is 1. The summed E-state index contributed by atoms with van der Waals surface area (Å²) >= 11 is 5.71. The van der Waals surface area contributed by atoms with Gasteiger partial charge in [0, 0.05) is 12.2 Å². The van der Waals surface area contributed by atoms with Crippen molar-refractivity contribution in [3.05, 3.63) is 29.0 Å². The summed E-state index contributed by atoms with van der Waals surface area (Å²) in [6.07, 6.45) is 5.58. The van der Waals surface area contributed by atoms with Gasteiger partial charge in [-0.1, -0.05) is 24.1 Å². The van der Waals surface area contributed by atoms with Crippen molar-refractivity contribution in [2.24, 2.45) is 0 Å². The molecule has 0 saturated carbocycles. The fraction of sp³-hybridized carbons (Fsp3) is 0.583. The van der Waals surface area contributed by atoms with Crippen molar-refractivity contribution in [2.75, 3.05) is 13.2 Å². The SMILES string of the molecule is Clc1ccc(COC[C@@H]2CCCCN2)cn1. The molecule has 88 valence electrons. The summed E-state index contributed by atoms with van der Waals surface area (Å²) in [5.74, 6) is 0. The molecule has 1 aromatic rings. The molecule has 1 aliphatic rings. The van der Waals surface area contributed by atoms with Gasteiger partial charge in [0.05, 0.1) is 13.2 Å². The van der Waals surface area contributed by atoms with Crippen LogP contribution in [0.25, 0.3) is 0 Å². The van der Waals surface area contributed by atoms with Crippen LogP contribution >= 0.6 is 11.6 Å². The number of halogens is 1. The number of nitrogens with zero attached hydrogens (tertiary/aromatic N) is 1. The molecule has 1 aliphatic heterocycles. The largest absolute Gasteiger partial charge is 0.375 e. The normalized spacial score (nSPS) is 20.9. The minimum Gasteiger partial charge on any atom is -0.375 e. The van der Waals surface area contributed by atoms with E-state index in [9.17, 15) is 0 Å². The molecular formula is C12H17ClN2O. The highest BCUT2D eigenvalue weighted by atomic mass is 35.5. The van der Waals surface area contributed by atoms with Crippen LogP contribution in [0.4, 0.5) is 0 Å². The Bertz CT molecular complexity index is 309. The van der Waals surface area contributed by atoms with Gasteiger partial charge >= 0.3 is 0 Å². The second kappa shape index (κ2) is 6.18. The van der Waals surface area contributed by atoms with E-state index >= 15 is 0 Å². The van der Waals surface area contributed by atoms with Gasteiger partial charge in [0.1, 0.15) is 5.15 Å². The molecular weight excluding hydrogens is 224 g/mol. The third-order valence-electron chi connectivity index (χ3n) is 2.79. The Kier molecular flexibility index (Phi) is 4.57. The average molecular weight is 241 g/mol. The Hall–Kier alpha value is -0.640. The molecule has 0 spiro atoms. The zero-order valence-corrected chi connectivity index (χ0v) is 10.0. The quantitative estimate of drug-likeness (QED) is 0.821. The predicted octanol–water partition coefficient (Wildman–Crippen LogP) is 2.39. The van der Waals surface area contributed by atoms with Crippen LogP contribution in [0.2, 0.25) is 5.15 Å². The molecule has 4 heteroatoms. The van der Waals surface area contributed by atoms with E-state index in [2.05, 4.69) is 10.3 Å². The zero-order chi connectivity index (χ0) is 11.2. The molecule has 16 heavy (non-hydrogen) atoms.